The van der Waals surface area contributed by atoms with Crippen LogP contribution in [-0.4, -0.2) is 49.6 Å². The molecule has 3 aromatic rings. The van der Waals surface area contributed by atoms with E-state index in [-0.39, 0.29) is 34.0 Å². The highest BCUT2D eigenvalue weighted by molar-refractivity contribution is 9.10. The molecule has 1 heterocycles. The molecule has 0 spiro atoms. The number of hydrogen-bond donors (Lipinski definition) is 0. The molecule has 1 fully saturated rings. The van der Waals surface area contributed by atoms with Crippen LogP contribution in [0.5, 0.6) is 17.2 Å². The largest absolute Gasteiger partial charge is 0.493 e. The van der Waals surface area contributed by atoms with E-state index in [2.05, 4.69) is 15.9 Å². The average molecular weight is 664 g/mol. The molecular weight excluding hydrogens is 640 g/mol. The number of nitrogens with zero attached hydrogens (tertiary/aromatic N) is 2. The summed E-state index contributed by atoms with van der Waals surface area (Å²) in [4.78, 5) is 36.7. The van der Waals surface area contributed by atoms with Crippen molar-refractivity contribution in [2.75, 3.05) is 20.3 Å². The summed E-state index contributed by atoms with van der Waals surface area (Å²) < 4.78 is 42.2. The Bertz CT molecular complexity index is 1690. The van der Waals surface area contributed by atoms with Crippen LogP contribution in [-0.2, 0) is 14.9 Å². The molecule has 2 amide bonds. The van der Waals surface area contributed by atoms with Crippen LogP contribution < -0.4 is 13.7 Å². The monoisotopic (exact) mass is 662 g/mol. The summed E-state index contributed by atoms with van der Waals surface area (Å²) in [6.07, 6.45) is 1.47. The van der Waals surface area contributed by atoms with Gasteiger partial charge in [0.2, 0.25) is 0 Å². The topological polar surface area (TPSA) is 142 Å². The van der Waals surface area contributed by atoms with Gasteiger partial charge in [-0.05, 0) is 88.6 Å². The van der Waals surface area contributed by atoms with E-state index in [1.54, 1.807) is 0 Å². The summed E-state index contributed by atoms with van der Waals surface area (Å²) in [5, 5.41) is 10.6. The van der Waals surface area contributed by atoms with Crippen molar-refractivity contribution in [1.29, 1.82) is 0 Å². The number of imide groups is 1. The molecule has 0 aliphatic carbocycles. The lowest BCUT2D eigenvalue weighted by molar-refractivity contribution is -0.385. The lowest BCUT2D eigenvalue weighted by Gasteiger charge is -2.15. The molecule has 0 N–H and O–H groups in total. The van der Waals surface area contributed by atoms with Gasteiger partial charge in [0.15, 0.2) is 11.5 Å². The Kier molecular flexibility index (Phi) is 9.05. The van der Waals surface area contributed by atoms with E-state index in [4.69, 9.17) is 13.7 Å². The number of halogens is 1. The molecule has 0 atom stereocenters. The van der Waals surface area contributed by atoms with Crippen molar-refractivity contribution < 1.29 is 36.6 Å². The quantitative estimate of drug-likeness (QED) is 0.112. The van der Waals surface area contributed by atoms with E-state index in [0.717, 1.165) is 39.9 Å². The molecule has 3 aromatic carbocycles. The van der Waals surface area contributed by atoms with Crippen LogP contribution in [0.4, 0.5) is 10.5 Å². The zero-order valence-corrected chi connectivity index (χ0v) is 25.2. The molecule has 0 aromatic heterocycles. The van der Waals surface area contributed by atoms with Crippen LogP contribution in [0, 0.1) is 24.0 Å². The highest BCUT2D eigenvalue weighted by Gasteiger charge is 2.35. The molecule has 1 aliphatic rings. The first-order chi connectivity index (χ1) is 19.4. The molecule has 4 rings (SSSR count). The fraction of sp³-hybridized carbons (Fsp3) is 0.185. The lowest BCUT2D eigenvalue weighted by atomic mass is 10.1. The van der Waals surface area contributed by atoms with Gasteiger partial charge in [0, 0.05) is 12.1 Å². The highest BCUT2D eigenvalue weighted by Crippen LogP contribution is 2.40. The van der Waals surface area contributed by atoms with E-state index in [1.165, 1.54) is 37.5 Å². The Balaban J connectivity index is 1.51. The Morgan fingerprint density at radius 3 is 2.54 bits per heavy atom. The number of rotatable bonds is 10. The number of methoxy groups -OCH3 is 1. The van der Waals surface area contributed by atoms with Crippen molar-refractivity contribution in [3.8, 4) is 17.2 Å². The second-order valence-electron chi connectivity index (χ2n) is 8.78. The number of aryl methyl sites for hydroxylation is 2. The van der Waals surface area contributed by atoms with Crippen LogP contribution >= 0.6 is 27.7 Å². The summed E-state index contributed by atoms with van der Waals surface area (Å²) >= 11 is 4.03. The zero-order valence-electron chi connectivity index (χ0n) is 22.0. The summed E-state index contributed by atoms with van der Waals surface area (Å²) in [7, 11) is -3.17. The molecule has 0 bridgehead atoms. The van der Waals surface area contributed by atoms with Crippen LogP contribution in [0.15, 0.2) is 68.9 Å². The average Bonchev–Trinajstić information content (AvgIpc) is 3.19. The number of hydrogen-bond acceptors (Lipinski definition) is 10. The third-order valence-electron chi connectivity index (χ3n) is 5.85. The molecule has 0 unspecified atom stereocenters. The number of carbonyl (C=O) groups excluding carboxylic acids is 2. The molecule has 41 heavy (non-hydrogen) atoms. The minimum atomic E-state index is -4.47. The van der Waals surface area contributed by atoms with Gasteiger partial charge >= 0.3 is 10.1 Å². The Morgan fingerprint density at radius 2 is 1.83 bits per heavy atom. The number of ether oxygens (including phenoxy) is 2. The van der Waals surface area contributed by atoms with Gasteiger partial charge in [-0.15, -0.1) is 0 Å². The van der Waals surface area contributed by atoms with Gasteiger partial charge in [-0.2, -0.15) is 8.42 Å². The standard InChI is InChI=1S/C27H23BrN2O9S2/c1-16-7-8-17(2)22(11-16)38-10-9-29-26(31)24(40-27(29)32)14-18-12-21(28)25(23(13-18)37-3)39-41(35,36)20-6-4-5-19(15-20)30(33)34/h4-8,11-15H,9-10H2,1-3H3/b24-14-. The van der Waals surface area contributed by atoms with Gasteiger partial charge in [0.1, 0.15) is 17.3 Å². The molecule has 0 saturated carbocycles. The lowest BCUT2D eigenvalue weighted by Crippen LogP contribution is -2.32. The van der Waals surface area contributed by atoms with Crippen LogP contribution in [0.1, 0.15) is 16.7 Å². The molecule has 11 nitrogen and oxygen atoms in total. The minimum absolute atomic E-state index is 0.000726. The zero-order chi connectivity index (χ0) is 29.9. The van der Waals surface area contributed by atoms with Crippen molar-refractivity contribution in [3.63, 3.8) is 0 Å². The highest BCUT2D eigenvalue weighted by atomic mass is 79.9. The van der Waals surface area contributed by atoms with Crippen LogP contribution in [0.3, 0.4) is 0 Å². The van der Waals surface area contributed by atoms with E-state index in [1.807, 2.05) is 32.0 Å². The number of carbonyl (C=O) groups is 2. The fourth-order valence-corrected chi connectivity index (χ4v) is 6.28. The third-order valence-corrected chi connectivity index (χ3v) is 8.56. The second kappa shape index (κ2) is 12.3. The molecule has 0 radical (unpaired) electrons. The summed E-state index contributed by atoms with van der Waals surface area (Å²) in [6, 6.07) is 13.1. The van der Waals surface area contributed by atoms with E-state index in [0.29, 0.717) is 11.3 Å². The minimum Gasteiger partial charge on any atom is -0.493 e. The van der Waals surface area contributed by atoms with Crippen LogP contribution in [0.25, 0.3) is 6.08 Å². The van der Waals surface area contributed by atoms with Crippen molar-refractivity contribution in [2.45, 2.75) is 18.7 Å². The van der Waals surface area contributed by atoms with Crippen molar-refractivity contribution >= 4 is 60.7 Å². The van der Waals surface area contributed by atoms with E-state index >= 15 is 0 Å². The van der Waals surface area contributed by atoms with Crippen molar-refractivity contribution in [2.24, 2.45) is 0 Å². The molecule has 1 saturated heterocycles. The number of benzene rings is 3. The maximum atomic E-state index is 13.0. The maximum Gasteiger partial charge on any atom is 0.339 e. The molecule has 14 heteroatoms. The van der Waals surface area contributed by atoms with Crippen LogP contribution in [0.2, 0.25) is 0 Å². The van der Waals surface area contributed by atoms with E-state index < -0.39 is 36.8 Å². The predicted molar refractivity (Wildman–Crippen MR) is 156 cm³/mol. The normalized spacial score (nSPS) is 14.4. The van der Waals surface area contributed by atoms with Crippen molar-refractivity contribution in [3.05, 3.63) is 90.8 Å². The number of thioether (sulfide) groups is 1. The number of nitro groups is 1. The number of nitro benzene ring substituents is 1. The number of amides is 2. The summed E-state index contributed by atoms with van der Waals surface area (Å²) in [5.41, 5.74) is 1.97. The Hall–Kier alpha value is -3.88. The third kappa shape index (κ3) is 6.89. The van der Waals surface area contributed by atoms with Gasteiger partial charge in [-0.25, -0.2) is 0 Å². The predicted octanol–water partition coefficient (Wildman–Crippen LogP) is 5.87. The first-order valence-electron chi connectivity index (χ1n) is 11.9. The van der Waals surface area contributed by atoms with Gasteiger partial charge < -0.3 is 13.7 Å². The maximum absolute atomic E-state index is 13.0. The van der Waals surface area contributed by atoms with Gasteiger partial charge in [0.25, 0.3) is 16.8 Å². The van der Waals surface area contributed by atoms with Crippen molar-refractivity contribution in [1.82, 2.24) is 4.90 Å². The SMILES string of the molecule is COc1cc(/C=C2\SC(=O)N(CCOc3cc(C)ccc3C)C2=O)cc(Br)c1OS(=O)(=O)c1cccc([N+](=O)[O-])c1. The summed E-state index contributed by atoms with van der Waals surface area (Å²) in [5.74, 6) is -0.0128. The molecular formula is C27H23BrN2O9S2. The Morgan fingerprint density at radius 1 is 1.07 bits per heavy atom. The summed E-state index contributed by atoms with van der Waals surface area (Å²) in [6.45, 7) is 4.03. The van der Waals surface area contributed by atoms with E-state index in [9.17, 15) is 28.1 Å². The Labute approximate surface area is 248 Å². The molecule has 1 aliphatic heterocycles. The van der Waals surface area contributed by atoms with Gasteiger partial charge in [-0.3, -0.25) is 24.6 Å². The first kappa shape index (κ1) is 30.1. The smallest absolute Gasteiger partial charge is 0.339 e. The van der Waals surface area contributed by atoms with Gasteiger partial charge in [-0.1, -0.05) is 18.2 Å². The second-order valence-corrected chi connectivity index (χ2v) is 12.2. The fourth-order valence-electron chi connectivity index (χ4n) is 3.77. The molecule has 214 valence electrons. The number of non-ortho nitro benzene ring substituents is 1. The van der Waals surface area contributed by atoms with Gasteiger partial charge in [0.05, 0.1) is 28.0 Å². The first-order valence-corrected chi connectivity index (χ1v) is 14.9.